The summed E-state index contributed by atoms with van der Waals surface area (Å²) in [5, 5.41) is 7.24. The molecule has 3 aromatic rings. The van der Waals surface area contributed by atoms with Gasteiger partial charge >= 0.3 is 0 Å². The number of hydrazone groups is 1. The van der Waals surface area contributed by atoms with E-state index in [1.165, 1.54) is 5.69 Å². The molecule has 1 atom stereocenters. The predicted octanol–water partition coefficient (Wildman–Crippen LogP) is 4.46. The van der Waals surface area contributed by atoms with Gasteiger partial charge < -0.3 is 9.80 Å². The van der Waals surface area contributed by atoms with Crippen molar-refractivity contribution in [2.45, 2.75) is 12.6 Å². The molecule has 0 bridgehead atoms. The third-order valence-electron chi connectivity index (χ3n) is 5.78. The smallest absolute Gasteiger partial charge is 0.153 e. The van der Waals surface area contributed by atoms with Crippen LogP contribution in [0.1, 0.15) is 17.5 Å². The third kappa shape index (κ3) is 3.73. The first kappa shape index (κ1) is 19.5. The minimum absolute atomic E-state index is 0.103. The number of rotatable bonds is 5. The van der Waals surface area contributed by atoms with Gasteiger partial charge in [0.15, 0.2) is 5.84 Å². The highest BCUT2D eigenvalue weighted by Crippen LogP contribution is 2.35. The van der Waals surface area contributed by atoms with Crippen LogP contribution < -0.4 is 9.91 Å². The summed E-state index contributed by atoms with van der Waals surface area (Å²) in [6, 6.07) is 29.5. The van der Waals surface area contributed by atoms with Crippen molar-refractivity contribution < 1.29 is 0 Å². The summed E-state index contributed by atoms with van der Waals surface area (Å²) < 4.78 is 0. The zero-order chi connectivity index (χ0) is 21.2. The highest BCUT2D eigenvalue weighted by atomic mass is 15.6. The number of hydrogen-bond donors (Lipinski definition) is 0. The Morgan fingerprint density at radius 1 is 0.871 bits per heavy atom. The Balaban J connectivity index is 1.62. The van der Waals surface area contributed by atoms with Crippen LogP contribution in [0, 0.1) is 0 Å². The Kier molecular flexibility index (Phi) is 5.26. The number of amidine groups is 1. The lowest BCUT2D eigenvalue weighted by molar-refractivity contribution is 0.380. The molecule has 5 rings (SSSR count). The molecule has 156 valence electrons. The fourth-order valence-electron chi connectivity index (χ4n) is 4.33. The fraction of sp³-hybridized carbons (Fsp3) is 0.231. The third-order valence-corrected chi connectivity index (χ3v) is 5.78. The van der Waals surface area contributed by atoms with Crippen LogP contribution in [-0.4, -0.2) is 49.8 Å². The zero-order valence-corrected chi connectivity index (χ0v) is 18.0. The Hall–Kier alpha value is -3.44. The van der Waals surface area contributed by atoms with Crippen molar-refractivity contribution in [2.24, 2.45) is 10.1 Å². The number of fused-ring (bicyclic) bond motifs is 3. The van der Waals surface area contributed by atoms with Gasteiger partial charge in [0, 0.05) is 24.1 Å². The van der Waals surface area contributed by atoms with E-state index in [-0.39, 0.29) is 6.17 Å². The maximum Gasteiger partial charge on any atom is 0.153 e. The molecule has 2 aliphatic rings. The van der Waals surface area contributed by atoms with E-state index in [1.807, 2.05) is 12.1 Å². The van der Waals surface area contributed by atoms with Crippen molar-refractivity contribution in [3.63, 3.8) is 0 Å². The molecule has 0 saturated carbocycles. The van der Waals surface area contributed by atoms with Crippen molar-refractivity contribution in [1.29, 1.82) is 0 Å². The zero-order valence-electron chi connectivity index (χ0n) is 18.0. The largest absolute Gasteiger partial charge is 0.309 e. The van der Waals surface area contributed by atoms with Crippen LogP contribution >= 0.6 is 0 Å². The Morgan fingerprint density at radius 3 is 2.29 bits per heavy atom. The molecule has 3 aromatic carbocycles. The number of aliphatic imine (C=N–C) groups is 1. The molecule has 2 heterocycles. The summed E-state index contributed by atoms with van der Waals surface area (Å²) in [4.78, 5) is 9.67. The summed E-state index contributed by atoms with van der Waals surface area (Å²) in [5.74, 6) is 0.992. The average molecular weight is 410 g/mol. The first-order valence-corrected chi connectivity index (χ1v) is 10.8. The minimum atomic E-state index is 0.103. The lowest BCUT2D eigenvalue weighted by Crippen LogP contribution is -2.44. The molecule has 5 heteroatoms. The van der Waals surface area contributed by atoms with Crippen LogP contribution in [0.25, 0.3) is 0 Å². The maximum absolute atomic E-state index is 5.08. The van der Waals surface area contributed by atoms with E-state index in [0.717, 1.165) is 41.3 Å². The van der Waals surface area contributed by atoms with Gasteiger partial charge in [-0.25, -0.2) is 5.01 Å². The van der Waals surface area contributed by atoms with E-state index < -0.39 is 0 Å². The highest BCUT2D eigenvalue weighted by molar-refractivity contribution is 6.20. The number of anilines is 2. The van der Waals surface area contributed by atoms with Crippen LogP contribution in [0.3, 0.4) is 0 Å². The Labute approximate surface area is 183 Å². The molecule has 0 amide bonds. The summed E-state index contributed by atoms with van der Waals surface area (Å²) in [6.07, 6.45) is 1.07. The monoisotopic (exact) mass is 409 g/mol. The molecule has 5 nitrogen and oxygen atoms in total. The van der Waals surface area contributed by atoms with E-state index in [9.17, 15) is 0 Å². The average Bonchev–Trinajstić information content (AvgIpc) is 3.09. The van der Waals surface area contributed by atoms with Crippen LogP contribution in [0.5, 0.6) is 0 Å². The van der Waals surface area contributed by atoms with E-state index in [0.29, 0.717) is 6.54 Å². The molecule has 0 aliphatic carbocycles. The first-order chi connectivity index (χ1) is 15.2. The van der Waals surface area contributed by atoms with Crippen molar-refractivity contribution in [3.8, 4) is 0 Å². The number of nitrogens with zero attached hydrogens (tertiary/aromatic N) is 5. The van der Waals surface area contributed by atoms with Crippen LogP contribution in [0.15, 0.2) is 95.0 Å². The molecule has 0 N–H and O–H groups in total. The minimum Gasteiger partial charge on any atom is -0.309 e. The van der Waals surface area contributed by atoms with Gasteiger partial charge in [-0.1, -0.05) is 66.7 Å². The molecular formula is C26H27N5. The number of benzene rings is 3. The van der Waals surface area contributed by atoms with Gasteiger partial charge in [0.1, 0.15) is 6.17 Å². The van der Waals surface area contributed by atoms with Crippen LogP contribution in [0.4, 0.5) is 11.4 Å². The van der Waals surface area contributed by atoms with Gasteiger partial charge in [0.2, 0.25) is 0 Å². The van der Waals surface area contributed by atoms with Gasteiger partial charge in [-0.3, -0.25) is 4.99 Å². The number of para-hydroxylation sites is 2. The quantitative estimate of drug-likeness (QED) is 0.624. The maximum atomic E-state index is 5.08. The molecule has 0 radical (unpaired) electrons. The topological polar surface area (TPSA) is 34.4 Å². The molecule has 2 aliphatic heterocycles. The molecule has 0 fully saturated rings. The van der Waals surface area contributed by atoms with Gasteiger partial charge in [-0.05, 0) is 32.3 Å². The highest BCUT2D eigenvalue weighted by Gasteiger charge is 2.38. The Morgan fingerprint density at radius 2 is 1.55 bits per heavy atom. The summed E-state index contributed by atoms with van der Waals surface area (Å²) in [7, 11) is 4.24. The second-order valence-corrected chi connectivity index (χ2v) is 8.19. The molecule has 1 unspecified atom stereocenters. The van der Waals surface area contributed by atoms with Crippen LogP contribution in [0.2, 0.25) is 0 Å². The van der Waals surface area contributed by atoms with Gasteiger partial charge in [-0.15, -0.1) is 0 Å². The summed E-state index contributed by atoms with van der Waals surface area (Å²) in [5.41, 5.74) is 5.61. The van der Waals surface area contributed by atoms with Crippen molar-refractivity contribution >= 4 is 22.9 Å². The van der Waals surface area contributed by atoms with Crippen molar-refractivity contribution in [2.75, 3.05) is 37.1 Å². The lowest BCUT2D eigenvalue weighted by Gasteiger charge is -2.33. The van der Waals surface area contributed by atoms with Crippen molar-refractivity contribution in [3.05, 3.63) is 96.1 Å². The SMILES string of the molecule is CN(C)CCC1N(c2ccccc2)N=C2CN=C(c3ccccc3)c3ccccc3N21. The predicted molar refractivity (Wildman–Crippen MR) is 129 cm³/mol. The molecule has 31 heavy (non-hydrogen) atoms. The second-order valence-electron chi connectivity index (χ2n) is 8.19. The Bertz CT molecular complexity index is 1100. The second kappa shape index (κ2) is 8.36. The van der Waals surface area contributed by atoms with Gasteiger partial charge in [0.05, 0.1) is 23.6 Å². The normalized spacial score (nSPS) is 17.7. The van der Waals surface area contributed by atoms with Crippen molar-refractivity contribution in [1.82, 2.24) is 4.90 Å². The number of hydrogen-bond acceptors (Lipinski definition) is 5. The van der Waals surface area contributed by atoms with E-state index in [2.05, 4.69) is 102 Å². The van der Waals surface area contributed by atoms with E-state index in [4.69, 9.17) is 10.1 Å². The summed E-state index contributed by atoms with van der Waals surface area (Å²) >= 11 is 0. The molecule has 0 spiro atoms. The fourth-order valence-corrected chi connectivity index (χ4v) is 4.33. The standard InChI is InChI=1S/C26H27N5/c1-29(2)18-17-25-30-23-16-10-9-15-22(23)26(20-11-5-3-6-12-20)27-19-24(30)28-31(25)21-13-7-4-8-14-21/h3-16,25H,17-19H2,1-2H3. The van der Waals surface area contributed by atoms with Gasteiger partial charge in [-0.2, -0.15) is 5.10 Å². The summed E-state index contributed by atoms with van der Waals surface area (Å²) in [6.45, 7) is 1.53. The van der Waals surface area contributed by atoms with E-state index >= 15 is 0 Å². The van der Waals surface area contributed by atoms with Gasteiger partial charge in [0.25, 0.3) is 0 Å². The van der Waals surface area contributed by atoms with E-state index in [1.54, 1.807) is 0 Å². The molecule has 0 aromatic heterocycles. The van der Waals surface area contributed by atoms with Crippen LogP contribution in [-0.2, 0) is 0 Å². The molecule has 0 saturated heterocycles. The first-order valence-electron chi connectivity index (χ1n) is 10.8. The lowest BCUT2D eigenvalue weighted by atomic mass is 10.00. The molecular weight excluding hydrogens is 382 g/mol.